The van der Waals surface area contributed by atoms with Gasteiger partial charge in [0.25, 0.3) is 0 Å². The van der Waals surface area contributed by atoms with E-state index in [0.717, 1.165) is 38.2 Å². The molecule has 0 fully saturated rings. The fourth-order valence-electron chi connectivity index (χ4n) is 7.44. The van der Waals surface area contributed by atoms with Crippen LogP contribution in [-0.4, -0.2) is 167 Å². The number of hydrogen-bond acceptors (Lipinski definition) is 24. The van der Waals surface area contributed by atoms with Gasteiger partial charge in [0, 0.05) is 99.0 Å². The first-order valence-electron chi connectivity index (χ1n) is 34.3. The van der Waals surface area contributed by atoms with Gasteiger partial charge in [-0.3, -0.25) is 47.9 Å². The average molecular weight is 1810 g/mol. The third kappa shape index (κ3) is 80.5. The Hall–Kier alpha value is -8.44. The first kappa shape index (κ1) is 115. The van der Waals surface area contributed by atoms with Crippen molar-refractivity contribution in [3.63, 3.8) is 0 Å². The quantitative estimate of drug-likeness (QED) is 0.00238. The Bertz CT molecular complexity index is 3550. The smallest absolute Gasteiger partial charge is 0.329 e. The number of hydrogen-bond donors (Lipinski definition) is 7. The zero-order valence-electron chi connectivity index (χ0n) is 64.6. The van der Waals surface area contributed by atoms with E-state index in [1.807, 2.05) is 54.6 Å². The maximum absolute atomic E-state index is 12.4. The van der Waals surface area contributed by atoms with Crippen molar-refractivity contribution in [1.82, 2.24) is 21.3 Å². The number of nitrogens with zero attached hydrogens (tertiary/aromatic N) is 12. The van der Waals surface area contributed by atoms with Gasteiger partial charge in [-0.1, -0.05) is 98.6 Å². The number of nitrogens with one attached hydrogen (secondary N) is 4. The summed E-state index contributed by atoms with van der Waals surface area (Å²) in [6.07, 6.45) is 3.37. The number of carbonyl (C=O) groups excluding carboxylic acids is 12. The van der Waals surface area contributed by atoms with E-state index in [1.165, 1.54) is 0 Å². The molecule has 4 amide bonds. The molecule has 0 aliphatic carbocycles. The van der Waals surface area contributed by atoms with Gasteiger partial charge < -0.3 is 45.7 Å². The summed E-state index contributed by atoms with van der Waals surface area (Å²) in [4.78, 5) is 173. The number of unbranched alkanes of at least 4 members (excludes halogenated alkanes) is 4. The standard InChI is InChI=1S/C19H26N4O4S.C15H18N4O4S.C13H21ClN4O4.C13H22N4O5.C6H6S.C2Cl2O2.2CH2Cl2/c1-19(2,3)27-18(26)15(22-16(24)11-7-8-12-21-23-20)13-17(25)28-14-9-5-4-6-10-14;16-19-17-9-5-4-8-13(20)18-12(15(22)23)10-14(21)24-11-6-2-1-3-7-11;1-13(2,3)22-12(21)9(8-10(14)19)17-11(20)6-4-5-7-16-18-15;1-13(2,3)22-12(21)9(8-11(19)20)16-10(18)6-4-5-7-15-17-14;7-6-4-2-1-3-5-6;3-1(5)2(4)6;2*2-1-3/h4-6,9-10,15H,7-8,11-13H2,1-3H3,(H,22,24);1-3,6-7,12H,4-5,8-10H2,(H,18,20)(H,22,23);9H,4-8H2,1-3H3,(H,17,20);9H,4-8H2,1-3H3,(H,16,18)(H,19,20);1-5,7H;;2*1H2/t15-;12-;2*9-;;;;/m0000..../s1. The number of halogens is 7. The molecular weight excluding hydrogens is 1710 g/mol. The fraction of sp³-hybridized carbons (Fsp3) is 0.543. The third-order valence-corrected chi connectivity index (χ3v) is 14.7. The van der Waals surface area contributed by atoms with Crippen molar-refractivity contribution < 1.29 is 91.5 Å². The van der Waals surface area contributed by atoms with Crippen LogP contribution < -0.4 is 21.3 Å². The number of rotatable bonds is 39. The van der Waals surface area contributed by atoms with Crippen LogP contribution in [0.3, 0.4) is 0 Å². The number of aliphatic carboxylic acids is 2. The highest BCUT2D eigenvalue weighted by atomic mass is 35.5. The van der Waals surface area contributed by atoms with Crippen molar-refractivity contribution in [2.75, 3.05) is 36.9 Å². The number of ether oxygens (including phenoxy) is 3. The summed E-state index contributed by atoms with van der Waals surface area (Å²) in [5.41, 5.74) is 30.3. The minimum Gasteiger partial charge on any atom is -0.481 e. The zero-order chi connectivity index (χ0) is 88.8. The molecule has 0 aliphatic rings. The van der Waals surface area contributed by atoms with Gasteiger partial charge in [-0.2, -0.15) is 0 Å². The molecule has 3 aromatic rings. The summed E-state index contributed by atoms with van der Waals surface area (Å²) >= 11 is 39.4. The molecule has 0 saturated heterocycles. The number of carbonyl (C=O) groups is 14. The number of thioether (sulfide) groups is 2. The van der Waals surface area contributed by atoms with Gasteiger partial charge in [-0.15, -0.1) is 59.0 Å². The second-order valence-corrected chi connectivity index (χ2v) is 30.8. The normalized spacial score (nSPS) is 11.0. The maximum Gasteiger partial charge on any atom is 0.329 e. The molecule has 0 spiro atoms. The van der Waals surface area contributed by atoms with Crippen LogP contribution in [0.15, 0.2) is 126 Å². The number of amides is 4. The van der Waals surface area contributed by atoms with Crippen molar-refractivity contribution in [2.45, 2.75) is 221 Å². The predicted octanol–water partition coefficient (Wildman–Crippen LogP) is 16.3. The molecule has 6 N–H and O–H groups in total. The number of benzene rings is 3. The SMILES string of the molecule is CC(C)(C)OC(=O)[C@H](CC(=O)Cl)NC(=O)CCCCN=[N+]=[N-].CC(C)(C)OC(=O)[C@H](CC(=O)O)NC(=O)CCCCN=[N+]=[N-].CC(C)(C)OC(=O)[C@H](CC(=O)Sc1ccccc1)NC(=O)CCCCN=[N+]=[N-].ClCCl.ClCCl.O=C(Cl)C(=O)Cl.Sc1ccccc1.[N-]=[N+]=NCCCCC(=O)N[C@@H](CC(=O)Sc1ccccc1)C(=O)O. The Balaban J connectivity index is -0.000000434. The molecule has 3 rings (SSSR count). The molecule has 4 atom stereocenters. The summed E-state index contributed by atoms with van der Waals surface area (Å²) in [5, 5.41) is 37.9. The first-order chi connectivity index (χ1) is 53.9. The van der Waals surface area contributed by atoms with Crippen molar-refractivity contribution in [2.24, 2.45) is 20.5 Å². The van der Waals surface area contributed by atoms with Crippen LogP contribution in [0.5, 0.6) is 0 Å². The van der Waals surface area contributed by atoms with E-state index in [1.54, 1.807) is 98.7 Å². The van der Waals surface area contributed by atoms with E-state index in [2.05, 4.69) is 97.2 Å². The molecular formula is C70H97Cl7N16O19S3. The number of esters is 3. The highest BCUT2D eigenvalue weighted by Crippen LogP contribution is 2.23. The fourth-order valence-corrected chi connectivity index (χ4v) is 9.37. The van der Waals surface area contributed by atoms with Crippen LogP contribution in [0.1, 0.15) is 165 Å². The van der Waals surface area contributed by atoms with E-state index in [4.69, 9.17) is 105 Å². The van der Waals surface area contributed by atoms with Gasteiger partial charge in [0.05, 0.1) is 23.5 Å². The van der Waals surface area contributed by atoms with E-state index >= 15 is 0 Å². The molecule has 3 aromatic carbocycles. The lowest BCUT2D eigenvalue weighted by atomic mass is 10.1. The molecule has 0 unspecified atom stereocenters. The van der Waals surface area contributed by atoms with E-state index < -0.39 is 111 Å². The largest absolute Gasteiger partial charge is 0.481 e. The van der Waals surface area contributed by atoms with E-state index in [-0.39, 0.29) is 78.3 Å². The Morgan fingerprint density at radius 1 is 0.409 bits per heavy atom. The second kappa shape index (κ2) is 72.1. The Labute approximate surface area is 715 Å². The molecule has 0 heterocycles. The van der Waals surface area contributed by atoms with Gasteiger partial charge in [0.2, 0.25) is 28.9 Å². The van der Waals surface area contributed by atoms with Gasteiger partial charge in [0.15, 0.2) is 10.2 Å². The molecule has 0 radical (unpaired) electrons. The van der Waals surface area contributed by atoms with Crippen LogP contribution in [0.2, 0.25) is 0 Å². The highest BCUT2D eigenvalue weighted by Gasteiger charge is 2.32. The average Bonchev–Trinajstić information content (AvgIpc) is 0.886. The van der Waals surface area contributed by atoms with E-state index in [9.17, 15) is 67.1 Å². The lowest BCUT2D eigenvalue weighted by Crippen LogP contribution is -2.45. The molecule has 115 heavy (non-hydrogen) atoms. The molecule has 0 saturated carbocycles. The van der Waals surface area contributed by atoms with Crippen molar-refractivity contribution >= 4 is 197 Å². The van der Waals surface area contributed by atoms with Gasteiger partial charge in [-0.25, -0.2) is 19.2 Å². The van der Waals surface area contributed by atoms with Crippen LogP contribution in [0.4, 0.5) is 0 Å². The van der Waals surface area contributed by atoms with Gasteiger partial charge >= 0.3 is 40.3 Å². The Morgan fingerprint density at radius 2 is 0.652 bits per heavy atom. The summed E-state index contributed by atoms with van der Waals surface area (Å²) in [6.45, 7) is 16.4. The minimum absolute atomic E-state index is 0.111. The van der Waals surface area contributed by atoms with Gasteiger partial charge in [-0.05, 0) is 207 Å². The van der Waals surface area contributed by atoms with Crippen LogP contribution in [0.25, 0.3) is 41.8 Å². The van der Waals surface area contributed by atoms with Crippen molar-refractivity contribution in [1.29, 1.82) is 0 Å². The van der Waals surface area contributed by atoms with Crippen LogP contribution in [-0.2, 0) is 81.3 Å². The number of carboxylic acid groups (broad SMARTS) is 2. The summed E-state index contributed by atoms with van der Waals surface area (Å²) in [7, 11) is 0. The number of alkyl halides is 4. The Kier molecular flexibility index (Phi) is 72.1. The molecule has 0 aliphatic heterocycles. The monoisotopic (exact) mass is 1810 g/mol. The summed E-state index contributed by atoms with van der Waals surface area (Å²) < 4.78 is 15.6. The van der Waals surface area contributed by atoms with Crippen LogP contribution in [0, 0.1) is 0 Å². The Morgan fingerprint density at radius 3 is 0.870 bits per heavy atom. The number of thiol groups is 1. The maximum atomic E-state index is 12.4. The third-order valence-electron chi connectivity index (χ3n) is 12.0. The minimum atomic E-state index is -1.25. The zero-order valence-corrected chi connectivity index (χ0v) is 72.5. The van der Waals surface area contributed by atoms with Crippen molar-refractivity contribution in [3.05, 3.63) is 133 Å². The number of azide groups is 4. The van der Waals surface area contributed by atoms with E-state index in [0.29, 0.717) is 71.0 Å². The first-order valence-corrected chi connectivity index (χ1v) is 39.7. The lowest BCUT2D eigenvalue weighted by molar-refractivity contribution is -0.161. The molecule has 638 valence electrons. The summed E-state index contributed by atoms with van der Waals surface area (Å²) in [6, 6.07) is 23.1. The lowest BCUT2D eigenvalue weighted by Gasteiger charge is -2.24. The second-order valence-electron chi connectivity index (χ2n) is 25.3. The topological polar surface area (TPSA) is 550 Å². The predicted molar refractivity (Wildman–Crippen MR) is 444 cm³/mol. The molecule has 0 aromatic heterocycles. The number of carboxylic acids is 2. The highest BCUT2D eigenvalue weighted by molar-refractivity contribution is 8.14. The van der Waals surface area contributed by atoms with Gasteiger partial charge in [0.1, 0.15) is 41.0 Å². The van der Waals surface area contributed by atoms with Crippen molar-refractivity contribution in [3.8, 4) is 0 Å². The molecule has 35 nitrogen and oxygen atoms in total. The molecule has 45 heteroatoms. The van der Waals surface area contributed by atoms with Crippen LogP contribution >= 0.6 is 117 Å². The molecule has 0 bridgehead atoms. The summed E-state index contributed by atoms with van der Waals surface area (Å²) in [5.74, 6) is -6.22.